The van der Waals surface area contributed by atoms with Crippen LogP contribution in [0.15, 0.2) is 48.5 Å². The van der Waals surface area contributed by atoms with E-state index in [1.807, 2.05) is 6.92 Å². The van der Waals surface area contributed by atoms with Crippen molar-refractivity contribution in [3.05, 3.63) is 65.5 Å². The Labute approximate surface area is 193 Å². The SMILES string of the molecule is CCc1c(C#N)c(-c2ccc(Oc3cccc(NS(=O)(=O)C(C)C)c3)cc2)c(C(=O)O)n1C. The number of hydrogen-bond donors (Lipinski definition) is 2. The maximum Gasteiger partial charge on any atom is 0.353 e. The molecule has 0 saturated heterocycles. The second-order valence-electron chi connectivity index (χ2n) is 7.72. The number of aromatic nitrogens is 1. The number of carbonyl (C=O) groups is 1. The number of anilines is 1. The molecule has 2 aromatic carbocycles. The van der Waals surface area contributed by atoms with Gasteiger partial charge in [0.1, 0.15) is 23.3 Å². The van der Waals surface area contributed by atoms with Gasteiger partial charge in [-0.2, -0.15) is 5.26 Å². The Morgan fingerprint density at radius 3 is 2.39 bits per heavy atom. The van der Waals surface area contributed by atoms with Crippen LogP contribution in [0.5, 0.6) is 11.5 Å². The number of nitriles is 1. The fourth-order valence-electron chi connectivity index (χ4n) is 3.53. The summed E-state index contributed by atoms with van der Waals surface area (Å²) in [6, 6.07) is 15.5. The third-order valence-electron chi connectivity index (χ3n) is 5.26. The van der Waals surface area contributed by atoms with E-state index >= 15 is 0 Å². The molecule has 2 N–H and O–H groups in total. The third kappa shape index (κ3) is 4.86. The van der Waals surface area contributed by atoms with Crippen molar-refractivity contribution in [2.75, 3.05) is 4.72 Å². The summed E-state index contributed by atoms with van der Waals surface area (Å²) in [5, 5.41) is 18.8. The molecule has 33 heavy (non-hydrogen) atoms. The van der Waals surface area contributed by atoms with Crippen LogP contribution in [0.25, 0.3) is 11.1 Å². The van der Waals surface area contributed by atoms with Crippen LogP contribution in [0.2, 0.25) is 0 Å². The number of carboxylic acids is 1. The number of nitrogens with one attached hydrogen (secondary N) is 1. The number of hydrogen-bond acceptors (Lipinski definition) is 5. The summed E-state index contributed by atoms with van der Waals surface area (Å²) in [6.07, 6.45) is 0.526. The van der Waals surface area contributed by atoms with Crippen LogP contribution in [0.1, 0.15) is 42.5 Å². The lowest BCUT2D eigenvalue weighted by atomic mass is 10.00. The summed E-state index contributed by atoms with van der Waals surface area (Å²) in [7, 11) is -1.84. The Balaban J connectivity index is 1.91. The van der Waals surface area contributed by atoms with Crippen molar-refractivity contribution in [3.8, 4) is 28.7 Å². The van der Waals surface area contributed by atoms with Crippen LogP contribution in [0, 0.1) is 11.3 Å². The molecule has 0 aliphatic heterocycles. The first kappa shape index (κ1) is 23.9. The van der Waals surface area contributed by atoms with E-state index < -0.39 is 21.2 Å². The molecule has 0 aliphatic rings. The van der Waals surface area contributed by atoms with Crippen molar-refractivity contribution < 1.29 is 23.1 Å². The summed E-state index contributed by atoms with van der Waals surface area (Å²) in [6.45, 7) is 5.06. The van der Waals surface area contributed by atoms with Gasteiger partial charge in [0.05, 0.1) is 16.5 Å². The van der Waals surface area contributed by atoms with Crippen LogP contribution in [0.4, 0.5) is 5.69 Å². The monoisotopic (exact) mass is 467 g/mol. The lowest BCUT2D eigenvalue weighted by Crippen LogP contribution is -2.22. The molecular formula is C24H25N3O5S. The normalized spacial score (nSPS) is 11.3. The van der Waals surface area contributed by atoms with E-state index in [-0.39, 0.29) is 5.69 Å². The molecule has 0 saturated carbocycles. The van der Waals surface area contributed by atoms with Crippen molar-refractivity contribution in [3.63, 3.8) is 0 Å². The molecular weight excluding hydrogens is 442 g/mol. The predicted octanol–water partition coefficient (Wildman–Crippen LogP) is 4.77. The molecule has 0 bridgehead atoms. The predicted molar refractivity (Wildman–Crippen MR) is 126 cm³/mol. The molecule has 1 heterocycles. The zero-order valence-electron chi connectivity index (χ0n) is 18.8. The average molecular weight is 468 g/mol. The number of aromatic carboxylic acids is 1. The van der Waals surface area contributed by atoms with Crippen molar-refractivity contribution >= 4 is 21.7 Å². The molecule has 1 aromatic heterocycles. The van der Waals surface area contributed by atoms with Gasteiger partial charge in [-0.3, -0.25) is 4.72 Å². The first-order valence-electron chi connectivity index (χ1n) is 10.3. The van der Waals surface area contributed by atoms with Crippen LogP contribution in [-0.2, 0) is 23.5 Å². The number of nitrogens with zero attached hydrogens (tertiary/aromatic N) is 2. The van der Waals surface area contributed by atoms with Gasteiger partial charge in [0.15, 0.2) is 0 Å². The standard InChI is InChI=1S/C24H25N3O5S/c1-5-21-20(14-25)22(23(24(28)29)27(21)4)16-9-11-18(12-10-16)32-19-8-6-7-17(13-19)26-33(30,31)15(2)3/h6-13,15,26H,5H2,1-4H3,(H,28,29). The van der Waals surface area contributed by atoms with Gasteiger partial charge in [0.2, 0.25) is 10.0 Å². The van der Waals surface area contributed by atoms with Crippen LogP contribution in [-0.4, -0.2) is 29.3 Å². The number of rotatable bonds is 8. The largest absolute Gasteiger partial charge is 0.477 e. The van der Waals surface area contributed by atoms with Crippen molar-refractivity contribution in [1.82, 2.24) is 4.57 Å². The molecule has 172 valence electrons. The number of carboxylic acid groups (broad SMARTS) is 1. The molecule has 0 unspecified atom stereocenters. The maximum atomic E-state index is 12.1. The fraction of sp³-hybridized carbons (Fsp3) is 0.250. The highest BCUT2D eigenvalue weighted by atomic mass is 32.2. The lowest BCUT2D eigenvalue weighted by Gasteiger charge is -2.12. The van der Waals surface area contributed by atoms with Crippen LogP contribution in [0.3, 0.4) is 0 Å². The smallest absolute Gasteiger partial charge is 0.353 e. The van der Waals surface area contributed by atoms with Crippen LogP contribution >= 0.6 is 0 Å². The molecule has 9 heteroatoms. The molecule has 0 atom stereocenters. The Morgan fingerprint density at radius 2 is 1.85 bits per heavy atom. The number of ether oxygens (including phenoxy) is 1. The third-order valence-corrected chi connectivity index (χ3v) is 7.02. The molecule has 0 spiro atoms. The molecule has 0 radical (unpaired) electrons. The molecule has 3 aromatic rings. The van der Waals surface area contributed by atoms with Gasteiger partial charge in [0, 0.05) is 24.4 Å². The summed E-state index contributed by atoms with van der Waals surface area (Å²) in [5.74, 6) is -0.196. The molecule has 3 rings (SSSR count). The van der Waals surface area contributed by atoms with E-state index in [0.29, 0.717) is 46.0 Å². The van der Waals surface area contributed by atoms with E-state index in [1.165, 1.54) is 0 Å². The lowest BCUT2D eigenvalue weighted by molar-refractivity contribution is 0.0687. The Morgan fingerprint density at radius 1 is 1.18 bits per heavy atom. The second-order valence-corrected chi connectivity index (χ2v) is 9.96. The molecule has 0 fully saturated rings. The van der Waals surface area contributed by atoms with Gasteiger partial charge < -0.3 is 14.4 Å². The summed E-state index contributed by atoms with van der Waals surface area (Å²) >= 11 is 0. The Kier molecular flexibility index (Phi) is 6.79. The topological polar surface area (TPSA) is 121 Å². The molecule has 0 aliphatic carbocycles. The van der Waals surface area contributed by atoms with Crippen molar-refractivity contribution in [2.45, 2.75) is 32.4 Å². The van der Waals surface area contributed by atoms with Gasteiger partial charge in [-0.1, -0.05) is 25.1 Å². The average Bonchev–Trinajstić information content (AvgIpc) is 3.05. The van der Waals surface area contributed by atoms with E-state index in [1.54, 1.807) is 74.0 Å². The maximum absolute atomic E-state index is 12.1. The highest BCUT2D eigenvalue weighted by molar-refractivity contribution is 7.93. The zero-order chi connectivity index (χ0) is 24.3. The Bertz CT molecular complexity index is 1330. The minimum atomic E-state index is -3.48. The van der Waals surface area contributed by atoms with E-state index in [9.17, 15) is 23.6 Å². The number of benzene rings is 2. The van der Waals surface area contributed by atoms with Crippen LogP contribution < -0.4 is 9.46 Å². The van der Waals surface area contributed by atoms with Crippen molar-refractivity contribution in [1.29, 1.82) is 5.26 Å². The summed E-state index contributed by atoms with van der Waals surface area (Å²) in [4.78, 5) is 11.9. The minimum Gasteiger partial charge on any atom is -0.477 e. The fourth-order valence-corrected chi connectivity index (χ4v) is 4.22. The van der Waals surface area contributed by atoms with Gasteiger partial charge in [-0.25, -0.2) is 13.2 Å². The van der Waals surface area contributed by atoms with Gasteiger partial charge in [-0.05, 0) is 50.1 Å². The van der Waals surface area contributed by atoms with E-state index in [4.69, 9.17) is 4.74 Å². The summed E-state index contributed by atoms with van der Waals surface area (Å²) < 4.78 is 34.1. The quantitative estimate of drug-likeness (QED) is 0.492. The van der Waals surface area contributed by atoms with E-state index in [2.05, 4.69) is 10.8 Å². The minimum absolute atomic E-state index is 0.0576. The second kappa shape index (κ2) is 9.38. The molecule has 8 nitrogen and oxygen atoms in total. The van der Waals surface area contributed by atoms with Gasteiger partial charge in [0.25, 0.3) is 0 Å². The zero-order valence-corrected chi connectivity index (χ0v) is 19.6. The van der Waals surface area contributed by atoms with Gasteiger partial charge in [-0.15, -0.1) is 0 Å². The van der Waals surface area contributed by atoms with Gasteiger partial charge >= 0.3 is 5.97 Å². The van der Waals surface area contributed by atoms with Crippen molar-refractivity contribution in [2.24, 2.45) is 7.05 Å². The highest BCUT2D eigenvalue weighted by Crippen LogP contribution is 2.34. The van der Waals surface area contributed by atoms with E-state index in [0.717, 1.165) is 0 Å². The summed E-state index contributed by atoms with van der Waals surface area (Å²) in [5.41, 5.74) is 2.41. The molecule has 0 amide bonds. The Hall–Kier alpha value is -3.77. The first-order chi connectivity index (χ1) is 15.6. The number of sulfonamides is 1. The first-order valence-corrected chi connectivity index (χ1v) is 11.9. The highest BCUT2D eigenvalue weighted by Gasteiger charge is 2.25.